The summed E-state index contributed by atoms with van der Waals surface area (Å²) in [6, 6.07) is 5.30. The van der Waals surface area contributed by atoms with Crippen LogP contribution in [0, 0.1) is 6.92 Å². The van der Waals surface area contributed by atoms with Gasteiger partial charge in [0.25, 0.3) is 5.91 Å². The first kappa shape index (κ1) is 7.86. The number of hydrogen-bond acceptors (Lipinski definition) is 2. The SMILES string of the molecule is Cc1occc1C(=O)n1cccc1. The van der Waals surface area contributed by atoms with Crippen LogP contribution < -0.4 is 0 Å². The molecular formula is C10H9NO2. The van der Waals surface area contributed by atoms with E-state index < -0.39 is 0 Å². The molecule has 0 atom stereocenters. The van der Waals surface area contributed by atoms with Gasteiger partial charge in [0, 0.05) is 12.4 Å². The van der Waals surface area contributed by atoms with E-state index in [4.69, 9.17) is 4.42 Å². The minimum Gasteiger partial charge on any atom is -0.469 e. The fourth-order valence-electron chi connectivity index (χ4n) is 1.22. The van der Waals surface area contributed by atoms with Crippen molar-refractivity contribution < 1.29 is 9.21 Å². The fraction of sp³-hybridized carbons (Fsp3) is 0.100. The van der Waals surface area contributed by atoms with Crippen LogP contribution >= 0.6 is 0 Å². The Labute approximate surface area is 75.6 Å². The van der Waals surface area contributed by atoms with Crippen LogP contribution in [0.15, 0.2) is 41.3 Å². The van der Waals surface area contributed by atoms with Crippen molar-refractivity contribution in [1.29, 1.82) is 0 Å². The van der Waals surface area contributed by atoms with E-state index in [1.165, 1.54) is 10.8 Å². The summed E-state index contributed by atoms with van der Waals surface area (Å²) in [5, 5.41) is 0. The van der Waals surface area contributed by atoms with Gasteiger partial charge >= 0.3 is 0 Å². The van der Waals surface area contributed by atoms with Crippen molar-refractivity contribution in [2.45, 2.75) is 6.92 Å². The summed E-state index contributed by atoms with van der Waals surface area (Å²) in [5.74, 6) is 0.593. The minimum absolute atomic E-state index is 0.0590. The molecule has 66 valence electrons. The molecule has 0 unspecified atom stereocenters. The van der Waals surface area contributed by atoms with Crippen molar-refractivity contribution in [2.75, 3.05) is 0 Å². The van der Waals surface area contributed by atoms with Crippen molar-refractivity contribution in [3.8, 4) is 0 Å². The second-order valence-corrected chi connectivity index (χ2v) is 2.79. The van der Waals surface area contributed by atoms with Gasteiger partial charge in [-0.25, -0.2) is 0 Å². The predicted octanol–water partition coefficient (Wildman–Crippen LogP) is 2.08. The average molecular weight is 175 g/mol. The highest BCUT2D eigenvalue weighted by atomic mass is 16.3. The molecule has 0 saturated heterocycles. The van der Waals surface area contributed by atoms with Crippen LogP contribution in [-0.4, -0.2) is 10.5 Å². The number of carbonyl (C=O) groups is 1. The molecule has 3 heteroatoms. The summed E-state index contributed by atoms with van der Waals surface area (Å²) in [7, 11) is 0. The van der Waals surface area contributed by atoms with Gasteiger partial charge in [-0.2, -0.15) is 0 Å². The summed E-state index contributed by atoms with van der Waals surface area (Å²) in [6.07, 6.45) is 4.95. The molecule has 0 spiro atoms. The van der Waals surface area contributed by atoms with Crippen LogP contribution in [0.25, 0.3) is 0 Å². The Bertz CT molecular complexity index is 412. The van der Waals surface area contributed by atoms with Crippen LogP contribution in [0.1, 0.15) is 16.1 Å². The van der Waals surface area contributed by atoms with Gasteiger partial charge in [0.1, 0.15) is 5.76 Å². The van der Waals surface area contributed by atoms with E-state index in [2.05, 4.69) is 0 Å². The predicted molar refractivity (Wildman–Crippen MR) is 47.6 cm³/mol. The minimum atomic E-state index is -0.0590. The smallest absolute Gasteiger partial charge is 0.265 e. The lowest BCUT2D eigenvalue weighted by Gasteiger charge is -1.98. The molecule has 0 saturated carbocycles. The highest BCUT2D eigenvalue weighted by Gasteiger charge is 2.11. The van der Waals surface area contributed by atoms with E-state index in [1.807, 2.05) is 12.1 Å². The molecule has 0 amide bonds. The fourth-order valence-corrected chi connectivity index (χ4v) is 1.22. The van der Waals surface area contributed by atoms with Crippen molar-refractivity contribution in [3.05, 3.63) is 48.2 Å². The lowest BCUT2D eigenvalue weighted by atomic mass is 10.2. The van der Waals surface area contributed by atoms with Crippen molar-refractivity contribution >= 4 is 5.91 Å². The molecule has 0 N–H and O–H groups in total. The highest BCUT2D eigenvalue weighted by Crippen LogP contribution is 2.10. The first-order valence-corrected chi connectivity index (χ1v) is 4.01. The molecule has 0 aliphatic rings. The van der Waals surface area contributed by atoms with Gasteiger partial charge < -0.3 is 4.42 Å². The molecule has 0 radical (unpaired) electrons. The molecule has 2 aromatic heterocycles. The summed E-state index contributed by atoms with van der Waals surface area (Å²) in [5.41, 5.74) is 0.608. The normalized spacial score (nSPS) is 10.2. The Morgan fingerprint density at radius 2 is 2.08 bits per heavy atom. The van der Waals surface area contributed by atoms with Crippen LogP contribution in [0.3, 0.4) is 0 Å². The third-order valence-electron chi connectivity index (χ3n) is 1.93. The maximum Gasteiger partial charge on any atom is 0.265 e. The van der Waals surface area contributed by atoms with Gasteiger partial charge in [0.2, 0.25) is 0 Å². The van der Waals surface area contributed by atoms with Crippen LogP contribution in [0.5, 0.6) is 0 Å². The van der Waals surface area contributed by atoms with Gasteiger partial charge in [-0.3, -0.25) is 9.36 Å². The summed E-state index contributed by atoms with van der Waals surface area (Å²) in [4.78, 5) is 11.7. The standard InChI is InChI=1S/C10H9NO2/c1-8-9(4-7-13-8)10(12)11-5-2-3-6-11/h2-7H,1H3. The number of rotatable bonds is 1. The molecule has 3 nitrogen and oxygen atoms in total. The van der Waals surface area contributed by atoms with Gasteiger partial charge in [0.05, 0.1) is 11.8 Å². The molecule has 13 heavy (non-hydrogen) atoms. The summed E-state index contributed by atoms with van der Waals surface area (Å²) >= 11 is 0. The number of furan rings is 1. The van der Waals surface area contributed by atoms with E-state index in [0.29, 0.717) is 11.3 Å². The van der Waals surface area contributed by atoms with E-state index in [1.54, 1.807) is 25.4 Å². The van der Waals surface area contributed by atoms with Gasteiger partial charge in [-0.05, 0) is 25.1 Å². The number of aromatic nitrogens is 1. The van der Waals surface area contributed by atoms with E-state index in [0.717, 1.165) is 0 Å². The third kappa shape index (κ3) is 1.28. The maximum absolute atomic E-state index is 11.7. The molecule has 0 bridgehead atoms. The Morgan fingerprint density at radius 1 is 1.38 bits per heavy atom. The Balaban J connectivity index is 2.39. The molecule has 0 aromatic carbocycles. The molecular weight excluding hydrogens is 166 g/mol. The first-order chi connectivity index (χ1) is 6.29. The Hall–Kier alpha value is -1.77. The van der Waals surface area contributed by atoms with Crippen molar-refractivity contribution in [3.63, 3.8) is 0 Å². The Kier molecular flexibility index (Phi) is 1.77. The molecule has 0 fully saturated rings. The third-order valence-corrected chi connectivity index (χ3v) is 1.93. The zero-order valence-electron chi connectivity index (χ0n) is 7.23. The summed E-state index contributed by atoms with van der Waals surface area (Å²) in [6.45, 7) is 1.77. The zero-order valence-corrected chi connectivity index (χ0v) is 7.23. The molecule has 2 aromatic rings. The number of aryl methyl sites for hydroxylation is 1. The van der Waals surface area contributed by atoms with E-state index >= 15 is 0 Å². The molecule has 0 aliphatic heterocycles. The lowest BCUT2D eigenvalue weighted by molar-refractivity contribution is 0.0959. The van der Waals surface area contributed by atoms with Crippen LogP contribution in [0.4, 0.5) is 0 Å². The highest BCUT2D eigenvalue weighted by molar-refractivity contribution is 5.96. The van der Waals surface area contributed by atoms with Crippen molar-refractivity contribution in [1.82, 2.24) is 4.57 Å². The van der Waals surface area contributed by atoms with Crippen LogP contribution in [0.2, 0.25) is 0 Å². The first-order valence-electron chi connectivity index (χ1n) is 4.01. The largest absolute Gasteiger partial charge is 0.469 e. The monoisotopic (exact) mass is 175 g/mol. The summed E-state index contributed by atoms with van der Waals surface area (Å²) < 4.78 is 6.58. The van der Waals surface area contributed by atoms with E-state index in [9.17, 15) is 4.79 Å². The number of carbonyl (C=O) groups excluding carboxylic acids is 1. The van der Waals surface area contributed by atoms with Crippen molar-refractivity contribution in [2.24, 2.45) is 0 Å². The second-order valence-electron chi connectivity index (χ2n) is 2.79. The number of hydrogen-bond donors (Lipinski definition) is 0. The second kappa shape index (κ2) is 2.94. The maximum atomic E-state index is 11.7. The van der Waals surface area contributed by atoms with Gasteiger partial charge in [0.15, 0.2) is 0 Å². The average Bonchev–Trinajstić information content (AvgIpc) is 2.72. The Morgan fingerprint density at radius 3 is 2.62 bits per heavy atom. The van der Waals surface area contributed by atoms with Gasteiger partial charge in [-0.15, -0.1) is 0 Å². The van der Waals surface area contributed by atoms with Crippen LogP contribution in [-0.2, 0) is 0 Å². The molecule has 0 aliphatic carbocycles. The van der Waals surface area contributed by atoms with Gasteiger partial charge in [-0.1, -0.05) is 0 Å². The number of nitrogens with zero attached hydrogens (tertiary/aromatic N) is 1. The molecule has 2 rings (SSSR count). The lowest BCUT2D eigenvalue weighted by Crippen LogP contribution is -2.09. The topological polar surface area (TPSA) is 35.1 Å². The zero-order chi connectivity index (χ0) is 9.26. The molecule has 2 heterocycles. The quantitative estimate of drug-likeness (QED) is 0.665. The van der Waals surface area contributed by atoms with E-state index in [-0.39, 0.29) is 5.91 Å².